The molecule has 2 aliphatic heterocycles. The number of hydrogen-bond acceptors (Lipinski definition) is 4. The molecule has 4 rings (SSSR count). The van der Waals surface area contributed by atoms with E-state index < -0.39 is 5.97 Å². The first-order valence-electron chi connectivity index (χ1n) is 7.54. The second kappa shape index (κ2) is 4.80. The lowest BCUT2D eigenvalue weighted by atomic mass is 9.97. The van der Waals surface area contributed by atoms with E-state index in [4.69, 9.17) is 5.11 Å². The summed E-state index contributed by atoms with van der Waals surface area (Å²) >= 11 is 0. The maximum Gasteiger partial charge on any atom is 0.335 e. The number of carboxylic acid groups (broad SMARTS) is 1. The van der Waals surface area contributed by atoms with Crippen LogP contribution in [0.1, 0.15) is 42.1 Å². The Kier molecular flexibility index (Phi) is 2.92. The number of rotatable bonds is 2. The molecule has 21 heavy (non-hydrogen) atoms. The summed E-state index contributed by atoms with van der Waals surface area (Å²) in [6.45, 7) is 2.33. The van der Waals surface area contributed by atoms with Gasteiger partial charge in [0.05, 0.1) is 17.1 Å². The molecule has 0 radical (unpaired) electrons. The highest BCUT2D eigenvalue weighted by atomic mass is 16.4. The van der Waals surface area contributed by atoms with Gasteiger partial charge in [0.1, 0.15) is 5.52 Å². The van der Waals surface area contributed by atoms with Crippen LogP contribution in [0.4, 0.5) is 0 Å². The smallest absolute Gasteiger partial charge is 0.335 e. The van der Waals surface area contributed by atoms with Crippen molar-refractivity contribution < 1.29 is 9.90 Å². The summed E-state index contributed by atoms with van der Waals surface area (Å²) in [5.41, 5.74) is 1.91. The van der Waals surface area contributed by atoms with Crippen molar-refractivity contribution >= 4 is 17.0 Å². The van der Waals surface area contributed by atoms with Gasteiger partial charge in [0.25, 0.3) is 0 Å². The molecular formula is C15H18N4O2. The van der Waals surface area contributed by atoms with E-state index in [2.05, 4.69) is 15.2 Å². The van der Waals surface area contributed by atoms with Gasteiger partial charge in [0.15, 0.2) is 0 Å². The fourth-order valence-electron chi connectivity index (χ4n) is 3.76. The standard InChI is InChI=1S/C15H18N4O2/c20-15(21)10-3-4-13-14(8-10)19(17-16-13)12-5-7-18-6-1-2-11(18)9-12/h3-4,8,11-12H,1-2,5-7,9H2,(H,20,21). The van der Waals surface area contributed by atoms with Crippen molar-refractivity contribution in [2.45, 2.75) is 37.8 Å². The van der Waals surface area contributed by atoms with Gasteiger partial charge in [-0.25, -0.2) is 9.48 Å². The molecule has 2 unspecified atom stereocenters. The Morgan fingerprint density at radius 2 is 2.14 bits per heavy atom. The van der Waals surface area contributed by atoms with Crippen LogP contribution in [0.15, 0.2) is 18.2 Å². The Morgan fingerprint density at radius 1 is 1.24 bits per heavy atom. The minimum Gasteiger partial charge on any atom is -0.478 e. The van der Waals surface area contributed by atoms with Crippen LogP contribution in [0, 0.1) is 0 Å². The predicted octanol–water partition coefficient (Wildman–Crippen LogP) is 1.93. The van der Waals surface area contributed by atoms with Crippen molar-refractivity contribution in [2.24, 2.45) is 0 Å². The second-order valence-electron chi connectivity index (χ2n) is 6.05. The summed E-state index contributed by atoms with van der Waals surface area (Å²) in [6, 6.07) is 6.01. The molecule has 0 bridgehead atoms. The van der Waals surface area contributed by atoms with Crippen molar-refractivity contribution in [1.29, 1.82) is 0 Å². The summed E-state index contributed by atoms with van der Waals surface area (Å²) in [4.78, 5) is 13.7. The number of carbonyl (C=O) groups is 1. The van der Waals surface area contributed by atoms with Crippen LogP contribution >= 0.6 is 0 Å². The molecule has 2 saturated heterocycles. The van der Waals surface area contributed by atoms with Gasteiger partial charge in [-0.15, -0.1) is 5.10 Å². The van der Waals surface area contributed by atoms with Gasteiger partial charge in [-0.2, -0.15) is 0 Å². The fourth-order valence-corrected chi connectivity index (χ4v) is 3.76. The number of aromatic nitrogens is 3. The van der Waals surface area contributed by atoms with Crippen molar-refractivity contribution in [3.8, 4) is 0 Å². The molecule has 0 aliphatic carbocycles. The van der Waals surface area contributed by atoms with Gasteiger partial charge < -0.3 is 10.0 Å². The van der Waals surface area contributed by atoms with E-state index in [9.17, 15) is 4.79 Å². The molecule has 2 fully saturated rings. The van der Waals surface area contributed by atoms with Crippen LogP contribution in [-0.2, 0) is 0 Å². The molecule has 2 atom stereocenters. The molecule has 2 aromatic rings. The van der Waals surface area contributed by atoms with Gasteiger partial charge in [-0.1, -0.05) is 5.21 Å². The largest absolute Gasteiger partial charge is 0.478 e. The third-order valence-corrected chi connectivity index (χ3v) is 4.86. The molecule has 1 aromatic heterocycles. The van der Waals surface area contributed by atoms with E-state index in [1.807, 2.05) is 4.68 Å². The molecule has 6 heteroatoms. The average Bonchev–Trinajstić information content (AvgIpc) is 3.12. The number of carboxylic acids is 1. The van der Waals surface area contributed by atoms with Gasteiger partial charge >= 0.3 is 5.97 Å². The quantitative estimate of drug-likeness (QED) is 0.913. The normalized spacial score (nSPS) is 26.1. The lowest BCUT2D eigenvalue weighted by Crippen LogP contribution is -2.38. The highest BCUT2D eigenvalue weighted by Crippen LogP contribution is 2.34. The van der Waals surface area contributed by atoms with Crippen LogP contribution in [0.25, 0.3) is 11.0 Å². The summed E-state index contributed by atoms with van der Waals surface area (Å²) in [5, 5.41) is 17.6. The van der Waals surface area contributed by atoms with Crippen LogP contribution in [0.2, 0.25) is 0 Å². The third kappa shape index (κ3) is 2.10. The van der Waals surface area contributed by atoms with E-state index >= 15 is 0 Å². The Labute approximate surface area is 122 Å². The molecule has 2 aliphatic rings. The Morgan fingerprint density at radius 3 is 3.00 bits per heavy atom. The van der Waals surface area contributed by atoms with E-state index in [1.165, 1.54) is 19.4 Å². The van der Waals surface area contributed by atoms with E-state index in [0.717, 1.165) is 30.4 Å². The van der Waals surface area contributed by atoms with Crippen LogP contribution in [0.3, 0.4) is 0 Å². The zero-order valence-electron chi connectivity index (χ0n) is 11.8. The molecule has 0 amide bonds. The van der Waals surface area contributed by atoms with Crippen molar-refractivity contribution in [3.63, 3.8) is 0 Å². The first kappa shape index (κ1) is 12.8. The Bertz CT molecular complexity index is 696. The lowest BCUT2D eigenvalue weighted by molar-refractivity contribution is 0.0697. The number of nitrogens with zero attached hydrogens (tertiary/aromatic N) is 4. The summed E-state index contributed by atoms with van der Waals surface area (Å²) in [7, 11) is 0. The number of benzene rings is 1. The molecule has 0 saturated carbocycles. The van der Waals surface area contributed by atoms with Crippen molar-refractivity contribution in [1.82, 2.24) is 19.9 Å². The van der Waals surface area contributed by atoms with Crippen LogP contribution in [-0.4, -0.2) is 50.1 Å². The molecule has 110 valence electrons. The second-order valence-corrected chi connectivity index (χ2v) is 6.05. The van der Waals surface area contributed by atoms with Crippen molar-refractivity contribution in [2.75, 3.05) is 13.1 Å². The van der Waals surface area contributed by atoms with Gasteiger partial charge in [0.2, 0.25) is 0 Å². The monoisotopic (exact) mass is 286 g/mol. The Hall–Kier alpha value is -1.95. The first-order valence-corrected chi connectivity index (χ1v) is 7.54. The van der Waals surface area contributed by atoms with E-state index in [0.29, 0.717) is 17.6 Å². The molecule has 1 N–H and O–H groups in total. The number of fused-ring (bicyclic) bond motifs is 2. The minimum atomic E-state index is -0.907. The predicted molar refractivity (Wildman–Crippen MR) is 77.4 cm³/mol. The maximum atomic E-state index is 11.1. The number of piperidine rings is 1. The van der Waals surface area contributed by atoms with E-state index in [1.54, 1.807) is 18.2 Å². The highest BCUT2D eigenvalue weighted by molar-refractivity contribution is 5.92. The zero-order chi connectivity index (χ0) is 14.4. The fraction of sp³-hybridized carbons (Fsp3) is 0.533. The molecule has 0 spiro atoms. The molecule has 3 heterocycles. The van der Waals surface area contributed by atoms with Gasteiger partial charge in [-0.3, -0.25) is 0 Å². The van der Waals surface area contributed by atoms with Gasteiger partial charge in [-0.05, 0) is 50.4 Å². The number of aromatic carboxylic acids is 1. The van der Waals surface area contributed by atoms with Gasteiger partial charge in [0, 0.05) is 12.6 Å². The summed E-state index contributed by atoms with van der Waals surface area (Å²) in [5.74, 6) is -0.907. The van der Waals surface area contributed by atoms with Crippen molar-refractivity contribution in [3.05, 3.63) is 23.8 Å². The summed E-state index contributed by atoms with van der Waals surface area (Å²) in [6.07, 6.45) is 4.71. The Balaban J connectivity index is 1.69. The SMILES string of the molecule is O=C(O)c1ccc2nnn(C3CCN4CCCC4C3)c2c1. The van der Waals surface area contributed by atoms with Crippen LogP contribution in [0.5, 0.6) is 0 Å². The molecular weight excluding hydrogens is 268 g/mol. The maximum absolute atomic E-state index is 11.1. The average molecular weight is 286 g/mol. The minimum absolute atomic E-state index is 0.296. The zero-order valence-corrected chi connectivity index (χ0v) is 11.8. The lowest BCUT2D eigenvalue weighted by Gasteiger charge is -2.34. The first-order chi connectivity index (χ1) is 10.2. The highest BCUT2D eigenvalue weighted by Gasteiger charge is 2.33. The third-order valence-electron chi connectivity index (χ3n) is 4.86. The van der Waals surface area contributed by atoms with E-state index in [-0.39, 0.29) is 0 Å². The molecule has 1 aromatic carbocycles. The van der Waals surface area contributed by atoms with Crippen LogP contribution < -0.4 is 0 Å². The number of hydrogen-bond donors (Lipinski definition) is 1. The topological polar surface area (TPSA) is 71.2 Å². The molecule has 6 nitrogen and oxygen atoms in total. The summed E-state index contributed by atoms with van der Waals surface area (Å²) < 4.78 is 1.94.